The van der Waals surface area contributed by atoms with Crippen molar-refractivity contribution in [2.75, 3.05) is 12.4 Å². The van der Waals surface area contributed by atoms with Gasteiger partial charge in [0.2, 0.25) is 0 Å². The van der Waals surface area contributed by atoms with Gasteiger partial charge in [-0.15, -0.1) is 10.2 Å². The maximum atomic E-state index is 12.8. The highest BCUT2D eigenvalue weighted by Crippen LogP contribution is 2.23. The van der Waals surface area contributed by atoms with Crippen LogP contribution in [0.3, 0.4) is 0 Å². The molecule has 0 saturated heterocycles. The second kappa shape index (κ2) is 8.14. The second-order valence-electron chi connectivity index (χ2n) is 5.80. The van der Waals surface area contributed by atoms with E-state index < -0.39 is 0 Å². The molecule has 7 heteroatoms. The molecule has 134 valence electrons. The Hall–Kier alpha value is -2.67. The van der Waals surface area contributed by atoms with Gasteiger partial charge in [-0.1, -0.05) is 35.5 Å². The molecule has 0 aliphatic carbocycles. The monoisotopic (exact) mass is 371 g/mol. The molecule has 2 aromatic carbocycles. The lowest BCUT2D eigenvalue weighted by molar-refractivity contribution is -0.118. The van der Waals surface area contributed by atoms with Gasteiger partial charge in [0.25, 0.3) is 0 Å². The molecular formula is C19H18FN3O2S. The van der Waals surface area contributed by atoms with Crippen molar-refractivity contribution in [3.63, 3.8) is 0 Å². The molecule has 3 rings (SSSR count). The maximum Gasteiger partial charge on any atom is 0.191 e. The summed E-state index contributed by atoms with van der Waals surface area (Å²) in [6.45, 7) is 1.95. The molecule has 0 unspecified atom stereocenters. The number of aryl methyl sites for hydroxylation is 1. The lowest BCUT2D eigenvalue weighted by Crippen LogP contribution is -2.14. The predicted octanol–water partition coefficient (Wildman–Crippen LogP) is 3.67. The van der Waals surface area contributed by atoms with Gasteiger partial charge in [0.05, 0.1) is 5.75 Å². The smallest absolute Gasteiger partial charge is 0.191 e. The van der Waals surface area contributed by atoms with Crippen LogP contribution in [0.15, 0.2) is 53.7 Å². The number of aromatic nitrogens is 3. The number of thioether (sulfide) groups is 1. The summed E-state index contributed by atoms with van der Waals surface area (Å²) >= 11 is 1.31. The van der Waals surface area contributed by atoms with Crippen LogP contribution < -0.4 is 4.74 Å². The average molecular weight is 371 g/mol. The van der Waals surface area contributed by atoms with Crippen LogP contribution >= 0.6 is 11.8 Å². The van der Waals surface area contributed by atoms with E-state index in [1.54, 1.807) is 0 Å². The van der Waals surface area contributed by atoms with Crippen LogP contribution in [0.25, 0.3) is 11.4 Å². The highest BCUT2D eigenvalue weighted by molar-refractivity contribution is 7.99. The van der Waals surface area contributed by atoms with E-state index in [2.05, 4.69) is 10.2 Å². The van der Waals surface area contributed by atoms with Crippen molar-refractivity contribution in [3.05, 3.63) is 59.9 Å². The number of halogens is 1. The zero-order valence-electron chi connectivity index (χ0n) is 14.5. The molecule has 1 heterocycles. The van der Waals surface area contributed by atoms with Crippen molar-refractivity contribution in [1.29, 1.82) is 0 Å². The number of hydrogen-bond donors (Lipinski definition) is 0. The van der Waals surface area contributed by atoms with Crippen molar-refractivity contribution >= 4 is 17.5 Å². The Balaban J connectivity index is 1.56. The van der Waals surface area contributed by atoms with Gasteiger partial charge in [-0.3, -0.25) is 4.79 Å². The summed E-state index contributed by atoms with van der Waals surface area (Å²) in [5.41, 5.74) is 2.13. The summed E-state index contributed by atoms with van der Waals surface area (Å²) < 4.78 is 20.1. The summed E-state index contributed by atoms with van der Waals surface area (Å²) in [4.78, 5) is 12.0. The minimum absolute atomic E-state index is 0.0682. The van der Waals surface area contributed by atoms with Crippen molar-refractivity contribution in [1.82, 2.24) is 14.8 Å². The highest BCUT2D eigenvalue weighted by Gasteiger charge is 2.13. The van der Waals surface area contributed by atoms with E-state index in [0.29, 0.717) is 10.9 Å². The molecule has 1 aromatic heterocycles. The number of rotatable bonds is 7. The zero-order chi connectivity index (χ0) is 18.5. The number of Topliss-reactive ketones (excluding diaryl/α,β-unsaturated/α-hetero) is 1. The number of benzene rings is 2. The van der Waals surface area contributed by atoms with Gasteiger partial charge >= 0.3 is 0 Å². The lowest BCUT2D eigenvalue weighted by atomic mass is 10.1. The fraction of sp³-hybridized carbons (Fsp3) is 0.211. The molecule has 3 aromatic rings. The van der Waals surface area contributed by atoms with E-state index in [1.807, 2.05) is 42.8 Å². The maximum absolute atomic E-state index is 12.8. The first-order chi connectivity index (χ1) is 12.5. The minimum Gasteiger partial charge on any atom is -0.486 e. The van der Waals surface area contributed by atoms with Crippen LogP contribution in [0.4, 0.5) is 4.39 Å². The molecular weight excluding hydrogens is 353 g/mol. The van der Waals surface area contributed by atoms with E-state index >= 15 is 0 Å². The molecule has 0 bridgehead atoms. The van der Waals surface area contributed by atoms with Crippen molar-refractivity contribution in [2.45, 2.75) is 12.1 Å². The average Bonchev–Trinajstić information content (AvgIpc) is 3.00. The Morgan fingerprint density at radius 2 is 1.96 bits per heavy atom. The first kappa shape index (κ1) is 18.1. The molecule has 0 radical (unpaired) electrons. The summed E-state index contributed by atoms with van der Waals surface area (Å²) in [5, 5.41) is 9.05. The van der Waals surface area contributed by atoms with Crippen molar-refractivity contribution in [2.24, 2.45) is 7.05 Å². The molecule has 0 aliphatic rings. The standard InChI is InChI=1S/C19H18FN3O2S/c1-13-4-3-5-14(10-13)18-21-22-19(23(18)2)26-12-16(24)11-25-17-8-6-15(20)7-9-17/h3-10H,11-12H2,1-2H3. The molecule has 5 nitrogen and oxygen atoms in total. The minimum atomic E-state index is -0.342. The Morgan fingerprint density at radius 3 is 2.69 bits per heavy atom. The van der Waals surface area contributed by atoms with Gasteiger partial charge in [0, 0.05) is 12.6 Å². The summed E-state index contributed by atoms with van der Waals surface area (Å²) in [6, 6.07) is 13.6. The molecule has 0 aliphatic heterocycles. The van der Waals surface area contributed by atoms with Gasteiger partial charge in [-0.25, -0.2) is 4.39 Å². The first-order valence-electron chi connectivity index (χ1n) is 8.02. The lowest BCUT2D eigenvalue weighted by Gasteiger charge is -2.06. The molecule has 0 saturated carbocycles. The largest absolute Gasteiger partial charge is 0.486 e. The third-order valence-electron chi connectivity index (χ3n) is 3.69. The molecule has 26 heavy (non-hydrogen) atoms. The van der Waals surface area contributed by atoms with Crippen LogP contribution in [-0.2, 0) is 11.8 Å². The number of hydrogen-bond acceptors (Lipinski definition) is 5. The molecule has 0 fully saturated rings. The van der Waals surface area contributed by atoms with Crippen molar-refractivity contribution < 1.29 is 13.9 Å². The topological polar surface area (TPSA) is 57.0 Å². The van der Waals surface area contributed by atoms with Gasteiger partial charge in [-0.2, -0.15) is 0 Å². The normalized spacial score (nSPS) is 10.7. The van der Waals surface area contributed by atoms with Crippen LogP contribution in [0.5, 0.6) is 5.75 Å². The summed E-state index contributed by atoms with van der Waals surface area (Å²) in [5.74, 6) is 1.02. The Kier molecular flexibility index (Phi) is 5.68. The van der Waals surface area contributed by atoms with E-state index in [9.17, 15) is 9.18 Å². The molecule has 0 N–H and O–H groups in total. The highest BCUT2D eigenvalue weighted by atomic mass is 32.2. The summed E-state index contributed by atoms with van der Waals surface area (Å²) in [7, 11) is 1.87. The number of ketones is 1. The van der Waals surface area contributed by atoms with Crippen LogP contribution in [-0.4, -0.2) is 32.9 Å². The number of carbonyl (C=O) groups excluding carboxylic acids is 1. The first-order valence-corrected chi connectivity index (χ1v) is 9.01. The molecule has 0 atom stereocenters. The number of ether oxygens (including phenoxy) is 1. The van der Waals surface area contributed by atoms with Crippen LogP contribution in [0.1, 0.15) is 5.56 Å². The van der Waals surface area contributed by atoms with Crippen molar-refractivity contribution in [3.8, 4) is 17.1 Å². The second-order valence-corrected chi connectivity index (χ2v) is 6.75. The van der Waals surface area contributed by atoms with E-state index in [-0.39, 0.29) is 24.0 Å². The van der Waals surface area contributed by atoms with E-state index in [1.165, 1.54) is 36.0 Å². The number of nitrogens with zero attached hydrogens (tertiary/aromatic N) is 3. The van der Waals surface area contributed by atoms with Crippen LogP contribution in [0, 0.1) is 12.7 Å². The third kappa shape index (κ3) is 4.49. The fourth-order valence-electron chi connectivity index (χ4n) is 2.36. The third-order valence-corrected chi connectivity index (χ3v) is 4.77. The van der Waals surface area contributed by atoms with E-state index in [0.717, 1.165) is 17.0 Å². The van der Waals surface area contributed by atoms with E-state index in [4.69, 9.17) is 4.74 Å². The van der Waals surface area contributed by atoms with Gasteiger partial charge in [0.1, 0.15) is 18.2 Å². The SMILES string of the molecule is Cc1cccc(-c2nnc(SCC(=O)COc3ccc(F)cc3)n2C)c1. The Labute approximate surface area is 155 Å². The Bertz CT molecular complexity index is 909. The number of carbonyl (C=O) groups is 1. The predicted molar refractivity (Wildman–Crippen MR) is 98.8 cm³/mol. The Morgan fingerprint density at radius 1 is 1.19 bits per heavy atom. The van der Waals surface area contributed by atoms with Crippen LogP contribution in [0.2, 0.25) is 0 Å². The fourth-order valence-corrected chi connectivity index (χ4v) is 3.11. The molecule has 0 spiro atoms. The zero-order valence-corrected chi connectivity index (χ0v) is 15.3. The van der Waals surface area contributed by atoms with Gasteiger partial charge in [-0.05, 0) is 37.3 Å². The van der Waals surface area contributed by atoms with Gasteiger partial charge < -0.3 is 9.30 Å². The van der Waals surface area contributed by atoms with Gasteiger partial charge in [0.15, 0.2) is 16.8 Å². The molecule has 0 amide bonds. The quantitative estimate of drug-likeness (QED) is 0.593. The summed E-state index contributed by atoms with van der Waals surface area (Å²) in [6.07, 6.45) is 0.